The monoisotopic (exact) mass is 441 g/mol. The number of benzene rings is 1. The maximum absolute atomic E-state index is 12.2. The second-order valence-corrected chi connectivity index (χ2v) is 8.12. The van der Waals surface area contributed by atoms with E-state index in [0.717, 1.165) is 23.4 Å². The van der Waals surface area contributed by atoms with Gasteiger partial charge in [0.2, 0.25) is 0 Å². The number of thioether (sulfide) groups is 1. The van der Waals surface area contributed by atoms with E-state index in [4.69, 9.17) is 0 Å². The molecule has 0 fully saturated rings. The normalized spacial score (nSPS) is 11.2. The first-order valence-corrected chi connectivity index (χ1v) is 11.0. The molecular formula is C21H33F2N5OS. The van der Waals surface area contributed by atoms with Gasteiger partial charge in [0.05, 0.1) is 12.7 Å². The number of hydrazine groups is 1. The molecule has 0 aliphatic carbocycles. The van der Waals surface area contributed by atoms with Gasteiger partial charge in [0.15, 0.2) is 5.16 Å². The lowest BCUT2D eigenvalue weighted by atomic mass is 10.2. The number of imidazole rings is 1. The summed E-state index contributed by atoms with van der Waals surface area (Å²) in [7, 11) is 3.35. The van der Waals surface area contributed by atoms with Crippen molar-refractivity contribution >= 4 is 17.7 Å². The van der Waals surface area contributed by atoms with E-state index in [0.29, 0.717) is 12.2 Å². The molecule has 9 heteroatoms. The van der Waals surface area contributed by atoms with Crippen LogP contribution < -0.4 is 10.7 Å². The van der Waals surface area contributed by atoms with Gasteiger partial charge in [-0.3, -0.25) is 10.2 Å². The van der Waals surface area contributed by atoms with Crippen molar-refractivity contribution < 1.29 is 13.6 Å². The number of rotatable bonds is 11. The number of carbonyl (C=O) groups excluding carboxylic acids is 1. The highest BCUT2D eigenvalue weighted by Gasteiger charge is 2.18. The molecule has 0 saturated heterocycles. The number of H-pyrrole nitrogens is 1. The lowest BCUT2D eigenvalue weighted by molar-refractivity contribution is 0.0247. The molecule has 30 heavy (non-hydrogen) atoms. The van der Waals surface area contributed by atoms with Gasteiger partial charge in [-0.25, -0.2) is 18.8 Å². The van der Waals surface area contributed by atoms with E-state index in [-0.39, 0.29) is 12.5 Å². The number of hydrogen-bond donors (Lipinski definition) is 3. The Bertz CT molecular complexity index is 722. The molecule has 0 unspecified atom stereocenters. The van der Waals surface area contributed by atoms with Crippen molar-refractivity contribution in [2.45, 2.75) is 50.7 Å². The van der Waals surface area contributed by atoms with Gasteiger partial charge in [-0.2, -0.15) is 0 Å². The molecule has 1 aromatic heterocycles. The van der Waals surface area contributed by atoms with Crippen LogP contribution >= 0.6 is 11.8 Å². The minimum absolute atomic E-state index is 0.170. The topological polar surface area (TPSA) is 73.0 Å². The van der Waals surface area contributed by atoms with Gasteiger partial charge in [-0.05, 0) is 19.0 Å². The SMILES string of the molecule is CCCCCSc1ncc(C(=O)NN(C)Cc2ccccc2)[nH]1.CNCC(C)(F)F. The summed E-state index contributed by atoms with van der Waals surface area (Å²) in [5, 5.41) is 4.93. The second kappa shape index (κ2) is 14.1. The number of amides is 1. The van der Waals surface area contributed by atoms with E-state index >= 15 is 0 Å². The maximum atomic E-state index is 12.2. The highest BCUT2D eigenvalue weighted by molar-refractivity contribution is 7.99. The Labute approximate surface area is 182 Å². The van der Waals surface area contributed by atoms with Crippen LogP contribution in [-0.4, -0.2) is 53.2 Å². The third-order valence-electron chi connectivity index (χ3n) is 3.83. The van der Waals surface area contributed by atoms with E-state index < -0.39 is 5.92 Å². The van der Waals surface area contributed by atoms with Crippen molar-refractivity contribution in [3.8, 4) is 0 Å². The fourth-order valence-corrected chi connectivity index (χ4v) is 3.30. The average Bonchev–Trinajstić information content (AvgIpc) is 3.15. The van der Waals surface area contributed by atoms with Crippen LogP contribution in [0.2, 0.25) is 0 Å². The molecule has 1 amide bonds. The number of unbranched alkanes of at least 4 members (excludes halogenated alkanes) is 2. The van der Waals surface area contributed by atoms with E-state index in [1.165, 1.54) is 26.3 Å². The highest BCUT2D eigenvalue weighted by Crippen LogP contribution is 2.16. The van der Waals surface area contributed by atoms with E-state index in [1.54, 1.807) is 23.0 Å². The molecule has 0 saturated carbocycles. The number of carbonyl (C=O) groups is 1. The van der Waals surface area contributed by atoms with Gasteiger partial charge in [-0.1, -0.05) is 61.9 Å². The Kier molecular flexibility index (Phi) is 12.3. The Balaban J connectivity index is 0.000000553. The lowest BCUT2D eigenvalue weighted by Crippen LogP contribution is -2.38. The summed E-state index contributed by atoms with van der Waals surface area (Å²) in [4.78, 5) is 19.5. The number of nitrogens with one attached hydrogen (secondary N) is 3. The van der Waals surface area contributed by atoms with Crippen LogP contribution in [0.3, 0.4) is 0 Å². The predicted molar refractivity (Wildman–Crippen MR) is 119 cm³/mol. The van der Waals surface area contributed by atoms with Crippen LogP contribution in [0.5, 0.6) is 0 Å². The molecule has 2 aromatic rings. The van der Waals surface area contributed by atoms with Crippen LogP contribution in [0, 0.1) is 0 Å². The fourth-order valence-electron chi connectivity index (χ4n) is 2.45. The predicted octanol–water partition coefficient (Wildman–Crippen LogP) is 4.33. The molecule has 6 nitrogen and oxygen atoms in total. The van der Waals surface area contributed by atoms with Crippen molar-refractivity contribution in [1.82, 2.24) is 25.7 Å². The zero-order chi connectivity index (χ0) is 22.4. The first-order valence-electron chi connectivity index (χ1n) is 10.0. The van der Waals surface area contributed by atoms with Crippen LogP contribution in [0.15, 0.2) is 41.7 Å². The van der Waals surface area contributed by atoms with Gasteiger partial charge in [-0.15, -0.1) is 0 Å². The summed E-state index contributed by atoms with van der Waals surface area (Å²) in [6.45, 7) is 3.47. The first-order chi connectivity index (χ1) is 14.2. The molecule has 2 rings (SSSR count). The third-order valence-corrected chi connectivity index (χ3v) is 4.80. The number of aromatic nitrogens is 2. The maximum Gasteiger partial charge on any atom is 0.283 e. The lowest BCUT2D eigenvalue weighted by Gasteiger charge is -2.17. The minimum Gasteiger partial charge on any atom is -0.329 e. The smallest absolute Gasteiger partial charge is 0.283 e. The van der Waals surface area contributed by atoms with E-state index in [2.05, 4.69) is 27.6 Å². The Hall–Kier alpha value is -1.97. The third kappa shape index (κ3) is 11.9. The molecule has 0 bridgehead atoms. The summed E-state index contributed by atoms with van der Waals surface area (Å²) in [6, 6.07) is 10.0. The first kappa shape index (κ1) is 26.1. The van der Waals surface area contributed by atoms with Crippen molar-refractivity contribution in [2.75, 3.05) is 26.4 Å². The number of aromatic amines is 1. The van der Waals surface area contributed by atoms with Crippen molar-refractivity contribution in [3.05, 3.63) is 47.8 Å². The number of hydrogen-bond acceptors (Lipinski definition) is 5. The number of alkyl halides is 2. The summed E-state index contributed by atoms with van der Waals surface area (Å²) in [6.07, 6.45) is 5.20. The second-order valence-electron chi connectivity index (χ2n) is 7.04. The fraction of sp³-hybridized carbons (Fsp3) is 0.524. The van der Waals surface area contributed by atoms with Gasteiger partial charge < -0.3 is 10.3 Å². The molecule has 1 heterocycles. The van der Waals surface area contributed by atoms with Crippen LogP contribution in [0.25, 0.3) is 0 Å². The molecular weight excluding hydrogens is 408 g/mol. The largest absolute Gasteiger partial charge is 0.329 e. The number of nitrogens with zero attached hydrogens (tertiary/aromatic N) is 2. The van der Waals surface area contributed by atoms with Gasteiger partial charge in [0.1, 0.15) is 5.69 Å². The molecule has 168 valence electrons. The minimum atomic E-state index is -2.56. The van der Waals surface area contributed by atoms with Crippen LogP contribution in [0.4, 0.5) is 8.78 Å². The van der Waals surface area contributed by atoms with Crippen LogP contribution in [0.1, 0.15) is 49.2 Å². The zero-order valence-corrected chi connectivity index (χ0v) is 19.0. The molecule has 1 aromatic carbocycles. The number of halogens is 2. The Morgan fingerprint density at radius 1 is 1.27 bits per heavy atom. The molecule has 3 N–H and O–H groups in total. The van der Waals surface area contributed by atoms with Crippen molar-refractivity contribution in [2.24, 2.45) is 0 Å². The summed E-state index contributed by atoms with van der Waals surface area (Å²) in [5.41, 5.74) is 4.48. The van der Waals surface area contributed by atoms with Crippen molar-refractivity contribution in [3.63, 3.8) is 0 Å². The van der Waals surface area contributed by atoms with Gasteiger partial charge in [0.25, 0.3) is 11.8 Å². The Morgan fingerprint density at radius 3 is 2.53 bits per heavy atom. The Morgan fingerprint density at radius 2 is 1.97 bits per heavy atom. The molecule has 0 atom stereocenters. The van der Waals surface area contributed by atoms with E-state index in [9.17, 15) is 13.6 Å². The highest BCUT2D eigenvalue weighted by atomic mass is 32.2. The molecule has 0 radical (unpaired) electrons. The van der Waals surface area contributed by atoms with Crippen molar-refractivity contribution in [1.29, 1.82) is 0 Å². The summed E-state index contributed by atoms with van der Waals surface area (Å²) < 4.78 is 23.3. The van der Waals surface area contributed by atoms with Gasteiger partial charge >= 0.3 is 0 Å². The summed E-state index contributed by atoms with van der Waals surface area (Å²) in [5.74, 6) is -1.71. The average molecular weight is 442 g/mol. The van der Waals surface area contributed by atoms with Crippen LogP contribution in [-0.2, 0) is 6.54 Å². The zero-order valence-electron chi connectivity index (χ0n) is 18.2. The standard InChI is InChI=1S/C17H24N4OS.C4H9F2N/c1-3-4-8-11-23-17-18-12-15(19-17)16(22)20-21(2)13-14-9-6-5-7-10-14;1-4(5,6)3-7-2/h5-7,9-10,12H,3-4,8,11,13H2,1-2H3,(H,18,19)(H,20,22);7H,3H2,1-2H3. The molecule has 0 spiro atoms. The van der Waals surface area contributed by atoms with Gasteiger partial charge in [0, 0.05) is 26.3 Å². The summed E-state index contributed by atoms with van der Waals surface area (Å²) >= 11 is 1.66. The quantitative estimate of drug-likeness (QED) is 0.275. The molecule has 0 aliphatic rings. The van der Waals surface area contributed by atoms with E-state index in [1.807, 2.05) is 37.4 Å². The molecule has 0 aliphatic heterocycles.